The summed E-state index contributed by atoms with van der Waals surface area (Å²) < 4.78 is 25.5. The molecular weight excluding hydrogens is 212 g/mol. The fraction of sp³-hybridized carbons (Fsp3) is 0.727. The van der Waals surface area contributed by atoms with Gasteiger partial charge in [-0.15, -0.1) is 0 Å². The van der Waals surface area contributed by atoms with Crippen molar-refractivity contribution in [3.05, 3.63) is 17.0 Å². The molecule has 0 spiro atoms. The summed E-state index contributed by atoms with van der Waals surface area (Å²) in [6, 6.07) is 0. The molecule has 0 saturated heterocycles. The Hall–Kier alpha value is -0.970. The molecule has 0 unspecified atom stereocenters. The number of aromatic nitrogens is 2. The van der Waals surface area contributed by atoms with Gasteiger partial charge in [0.25, 0.3) is 6.43 Å². The average Bonchev–Trinajstić information content (AvgIpc) is 2.43. The topological polar surface area (TPSA) is 29.9 Å². The van der Waals surface area contributed by atoms with Crippen LogP contribution in [-0.2, 0) is 13.5 Å². The van der Waals surface area contributed by atoms with Crippen molar-refractivity contribution in [2.75, 3.05) is 13.1 Å². The van der Waals surface area contributed by atoms with Gasteiger partial charge in [0, 0.05) is 12.7 Å². The number of halogens is 2. The number of aryl methyl sites for hydroxylation is 2. The standard InChI is InChI=1S/C11H19F2N3/c1-8-10(9(2)16(3)15-8)5-4-6-14-7-11(12)13/h11,14H,4-7H2,1-3H3. The Bertz CT molecular complexity index is 334. The molecule has 0 aliphatic carbocycles. The number of hydrogen-bond donors (Lipinski definition) is 1. The van der Waals surface area contributed by atoms with E-state index < -0.39 is 6.43 Å². The van der Waals surface area contributed by atoms with E-state index in [2.05, 4.69) is 10.4 Å². The van der Waals surface area contributed by atoms with Crippen LogP contribution in [0.15, 0.2) is 0 Å². The van der Waals surface area contributed by atoms with Crippen LogP contribution < -0.4 is 5.32 Å². The van der Waals surface area contributed by atoms with E-state index in [1.54, 1.807) is 0 Å². The first-order valence-corrected chi connectivity index (χ1v) is 5.50. The number of nitrogens with one attached hydrogen (secondary N) is 1. The van der Waals surface area contributed by atoms with Gasteiger partial charge in [-0.25, -0.2) is 8.78 Å². The van der Waals surface area contributed by atoms with Gasteiger partial charge in [-0.1, -0.05) is 0 Å². The molecule has 0 fully saturated rings. The minimum Gasteiger partial charge on any atom is -0.311 e. The van der Waals surface area contributed by atoms with Gasteiger partial charge in [-0.2, -0.15) is 5.10 Å². The predicted octanol–water partition coefficient (Wildman–Crippen LogP) is 1.82. The summed E-state index contributed by atoms with van der Waals surface area (Å²) in [5.41, 5.74) is 3.43. The molecule has 5 heteroatoms. The Morgan fingerprint density at radius 1 is 1.38 bits per heavy atom. The lowest BCUT2D eigenvalue weighted by Crippen LogP contribution is -2.22. The van der Waals surface area contributed by atoms with E-state index in [0.29, 0.717) is 6.54 Å². The van der Waals surface area contributed by atoms with Crippen molar-refractivity contribution in [3.8, 4) is 0 Å². The van der Waals surface area contributed by atoms with E-state index >= 15 is 0 Å². The van der Waals surface area contributed by atoms with Gasteiger partial charge in [0.2, 0.25) is 0 Å². The van der Waals surface area contributed by atoms with Crippen LogP contribution in [0.5, 0.6) is 0 Å². The molecule has 1 N–H and O–H groups in total. The lowest BCUT2D eigenvalue weighted by molar-refractivity contribution is 0.146. The van der Waals surface area contributed by atoms with Gasteiger partial charge >= 0.3 is 0 Å². The summed E-state index contributed by atoms with van der Waals surface area (Å²) in [7, 11) is 1.92. The zero-order valence-electron chi connectivity index (χ0n) is 10.1. The second-order valence-corrected chi connectivity index (χ2v) is 3.97. The highest BCUT2D eigenvalue weighted by molar-refractivity contribution is 5.24. The second kappa shape index (κ2) is 5.94. The van der Waals surface area contributed by atoms with Crippen LogP contribution in [0.25, 0.3) is 0 Å². The summed E-state index contributed by atoms with van der Waals surface area (Å²) in [5.74, 6) is 0. The first-order valence-electron chi connectivity index (χ1n) is 5.50. The predicted molar refractivity (Wildman–Crippen MR) is 59.9 cm³/mol. The van der Waals surface area contributed by atoms with E-state index in [9.17, 15) is 8.78 Å². The van der Waals surface area contributed by atoms with E-state index in [0.717, 1.165) is 24.2 Å². The highest BCUT2D eigenvalue weighted by atomic mass is 19.3. The summed E-state index contributed by atoms with van der Waals surface area (Å²) in [6.07, 6.45) is -0.510. The second-order valence-electron chi connectivity index (χ2n) is 3.97. The molecule has 1 aromatic rings. The Morgan fingerprint density at radius 2 is 2.06 bits per heavy atom. The van der Waals surface area contributed by atoms with Crippen molar-refractivity contribution in [2.45, 2.75) is 33.1 Å². The lowest BCUT2D eigenvalue weighted by atomic mass is 10.1. The number of hydrogen-bond acceptors (Lipinski definition) is 2. The zero-order chi connectivity index (χ0) is 12.1. The summed E-state index contributed by atoms with van der Waals surface area (Å²) in [5, 5.41) is 7.04. The molecule has 0 aliphatic heterocycles. The van der Waals surface area contributed by atoms with Crippen LogP contribution in [0.2, 0.25) is 0 Å². The van der Waals surface area contributed by atoms with Crippen LogP contribution in [0, 0.1) is 13.8 Å². The molecule has 1 rings (SSSR count). The molecule has 16 heavy (non-hydrogen) atoms. The molecule has 0 aliphatic rings. The highest BCUT2D eigenvalue weighted by Gasteiger charge is 2.08. The summed E-state index contributed by atoms with van der Waals surface area (Å²) in [4.78, 5) is 0. The maximum atomic E-state index is 11.8. The van der Waals surface area contributed by atoms with Crippen LogP contribution in [0.3, 0.4) is 0 Å². The third kappa shape index (κ3) is 3.56. The molecular formula is C11H19F2N3. The summed E-state index contributed by atoms with van der Waals surface area (Å²) >= 11 is 0. The van der Waals surface area contributed by atoms with Crippen LogP contribution >= 0.6 is 0 Å². The number of nitrogens with zero attached hydrogens (tertiary/aromatic N) is 2. The Labute approximate surface area is 94.8 Å². The van der Waals surface area contributed by atoms with E-state index in [4.69, 9.17) is 0 Å². The van der Waals surface area contributed by atoms with Gasteiger partial charge in [0.1, 0.15) is 0 Å². The SMILES string of the molecule is Cc1nn(C)c(C)c1CCCNCC(F)F. The van der Waals surface area contributed by atoms with Crippen LogP contribution in [0.1, 0.15) is 23.4 Å². The third-order valence-electron chi connectivity index (χ3n) is 2.74. The Morgan fingerprint density at radius 3 is 2.56 bits per heavy atom. The number of rotatable bonds is 6. The smallest absolute Gasteiger partial charge is 0.250 e. The van der Waals surface area contributed by atoms with Crippen molar-refractivity contribution in [3.63, 3.8) is 0 Å². The molecule has 3 nitrogen and oxygen atoms in total. The van der Waals surface area contributed by atoms with E-state index in [-0.39, 0.29) is 6.54 Å². The summed E-state index contributed by atoms with van der Waals surface area (Å²) in [6.45, 7) is 4.42. The Balaban J connectivity index is 2.32. The van der Waals surface area contributed by atoms with Gasteiger partial charge < -0.3 is 5.32 Å². The molecule has 0 bridgehead atoms. The van der Waals surface area contributed by atoms with Gasteiger partial charge in [-0.05, 0) is 38.8 Å². The van der Waals surface area contributed by atoms with Crippen molar-refractivity contribution < 1.29 is 8.78 Å². The van der Waals surface area contributed by atoms with Crippen molar-refractivity contribution in [1.29, 1.82) is 0 Å². The first-order chi connectivity index (χ1) is 7.52. The molecule has 1 heterocycles. The molecule has 0 aromatic carbocycles. The zero-order valence-corrected chi connectivity index (χ0v) is 10.1. The molecule has 1 aromatic heterocycles. The van der Waals surface area contributed by atoms with Crippen molar-refractivity contribution in [1.82, 2.24) is 15.1 Å². The fourth-order valence-electron chi connectivity index (χ4n) is 1.78. The fourth-order valence-corrected chi connectivity index (χ4v) is 1.78. The van der Waals surface area contributed by atoms with Crippen LogP contribution in [-0.4, -0.2) is 29.3 Å². The highest BCUT2D eigenvalue weighted by Crippen LogP contribution is 2.13. The largest absolute Gasteiger partial charge is 0.311 e. The maximum Gasteiger partial charge on any atom is 0.250 e. The van der Waals surface area contributed by atoms with Gasteiger partial charge in [-0.3, -0.25) is 4.68 Å². The van der Waals surface area contributed by atoms with E-state index in [1.807, 2.05) is 25.6 Å². The van der Waals surface area contributed by atoms with Crippen molar-refractivity contribution in [2.24, 2.45) is 7.05 Å². The molecule has 0 saturated carbocycles. The number of alkyl halides is 2. The monoisotopic (exact) mass is 231 g/mol. The molecule has 0 atom stereocenters. The molecule has 0 amide bonds. The molecule has 0 radical (unpaired) electrons. The Kier molecular flexibility index (Phi) is 4.86. The lowest BCUT2D eigenvalue weighted by Gasteiger charge is -2.04. The first kappa shape index (κ1) is 13.1. The average molecular weight is 231 g/mol. The normalized spacial score (nSPS) is 11.4. The third-order valence-corrected chi connectivity index (χ3v) is 2.74. The maximum absolute atomic E-state index is 11.8. The van der Waals surface area contributed by atoms with Crippen molar-refractivity contribution >= 4 is 0 Å². The van der Waals surface area contributed by atoms with Crippen LogP contribution in [0.4, 0.5) is 8.78 Å². The van der Waals surface area contributed by atoms with Gasteiger partial charge in [0.05, 0.1) is 12.2 Å². The minimum atomic E-state index is -2.26. The van der Waals surface area contributed by atoms with Gasteiger partial charge in [0.15, 0.2) is 0 Å². The van der Waals surface area contributed by atoms with E-state index in [1.165, 1.54) is 5.56 Å². The quantitative estimate of drug-likeness (QED) is 0.757. The minimum absolute atomic E-state index is 0.217. The molecule has 92 valence electrons.